The number of nitrogens with zero attached hydrogens (tertiary/aromatic N) is 1. The molecule has 0 bridgehead atoms. The van der Waals surface area contributed by atoms with Gasteiger partial charge in [0.25, 0.3) is 5.91 Å². The first kappa shape index (κ1) is 19.8. The number of aromatic hydroxyl groups is 1. The van der Waals surface area contributed by atoms with Crippen LogP contribution in [0.4, 0.5) is 5.69 Å². The van der Waals surface area contributed by atoms with E-state index in [0.717, 1.165) is 0 Å². The number of hydrogen-bond donors (Lipinski definition) is 3. The van der Waals surface area contributed by atoms with E-state index in [1.165, 1.54) is 26.4 Å². The van der Waals surface area contributed by atoms with Gasteiger partial charge >= 0.3 is 0 Å². The lowest BCUT2D eigenvalue weighted by Gasteiger charge is -2.10. The standard InChI is InChI=1S/C19H21N3O5/c1-12(21-22-19(25)16-6-4-5-7-17(16)23)8-18(24)20-13-9-14(26-2)11-15(10-13)27-3/h4-7,9-11,23H,8H2,1-3H3,(H,20,24)(H,22,25)/b21-12-. The van der Waals surface area contributed by atoms with Crippen molar-refractivity contribution in [3.8, 4) is 17.2 Å². The quantitative estimate of drug-likeness (QED) is 0.512. The molecule has 3 N–H and O–H groups in total. The van der Waals surface area contributed by atoms with Crippen LogP contribution in [0.15, 0.2) is 47.6 Å². The molecule has 0 radical (unpaired) electrons. The van der Waals surface area contributed by atoms with Crippen molar-refractivity contribution in [3.05, 3.63) is 48.0 Å². The van der Waals surface area contributed by atoms with Crippen molar-refractivity contribution in [2.45, 2.75) is 13.3 Å². The molecule has 2 amide bonds. The van der Waals surface area contributed by atoms with E-state index in [1.54, 1.807) is 37.3 Å². The Kier molecular flexibility index (Phi) is 6.76. The second kappa shape index (κ2) is 9.23. The fourth-order valence-electron chi connectivity index (χ4n) is 2.23. The van der Waals surface area contributed by atoms with E-state index in [2.05, 4.69) is 15.8 Å². The number of rotatable bonds is 7. The third kappa shape index (κ3) is 5.74. The highest BCUT2D eigenvalue weighted by Gasteiger charge is 2.11. The molecular formula is C19H21N3O5. The predicted molar refractivity (Wildman–Crippen MR) is 101 cm³/mol. The Labute approximate surface area is 156 Å². The molecule has 2 aromatic rings. The van der Waals surface area contributed by atoms with Gasteiger partial charge in [0.15, 0.2) is 0 Å². The molecule has 2 aromatic carbocycles. The van der Waals surface area contributed by atoms with Gasteiger partial charge in [-0.15, -0.1) is 0 Å². The minimum atomic E-state index is -0.564. The molecule has 0 unspecified atom stereocenters. The summed E-state index contributed by atoms with van der Waals surface area (Å²) in [5.74, 6) is 0.0660. The first-order valence-electron chi connectivity index (χ1n) is 8.07. The molecule has 142 valence electrons. The number of carbonyl (C=O) groups is 2. The molecule has 0 aliphatic rings. The van der Waals surface area contributed by atoms with Crippen molar-refractivity contribution in [2.24, 2.45) is 5.10 Å². The maximum Gasteiger partial charge on any atom is 0.275 e. The normalized spacial score (nSPS) is 10.9. The van der Waals surface area contributed by atoms with Crippen molar-refractivity contribution in [1.29, 1.82) is 0 Å². The van der Waals surface area contributed by atoms with E-state index in [-0.39, 0.29) is 23.6 Å². The van der Waals surface area contributed by atoms with Crippen LogP contribution in [0.2, 0.25) is 0 Å². The number of phenolic OH excluding ortho intramolecular Hbond substituents is 1. The summed E-state index contributed by atoms with van der Waals surface area (Å²) in [6.07, 6.45) is -0.0272. The van der Waals surface area contributed by atoms with E-state index >= 15 is 0 Å². The lowest BCUT2D eigenvalue weighted by atomic mass is 10.2. The van der Waals surface area contributed by atoms with Gasteiger partial charge < -0.3 is 19.9 Å². The molecule has 0 heterocycles. The number of ether oxygens (including phenoxy) is 2. The largest absolute Gasteiger partial charge is 0.507 e. The molecular weight excluding hydrogens is 350 g/mol. The van der Waals surface area contributed by atoms with Gasteiger partial charge in [0, 0.05) is 29.6 Å². The molecule has 0 spiro atoms. The number of phenols is 1. The van der Waals surface area contributed by atoms with Crippen molar-refractivity contribution < 1.29 is 24.2 Å². The number of hydrazone groups is 1. The molecule has 0 fully saturated rings. The number of anilines is 1. The highest BCUT2D eigenvalue weighted by Crippen LogP contribution is 2.25. The molecule has 0 aromatic heterocycles. The first-order chi connectivity index (χ1) is 12.9. The third-order valence-electron chi connectivity index (χ3n) is 3.55. The van der Waals surface area contributed by atoms with Gasteiger partial charge in [0.05, 0.1) is 26.2 Å². The van der Waals surface area contributed by atoms with Gasteiger partial charge in [0.1, 0.15) is 17.2 Å². The number of methoxy groups -OCH3 is 2. The van der Waals surface area contributed by atoms with Crippen LogP contribution >= 0.6 is 0 Å². The molecule has 0 saturated carbocycles. The SMILES string of the molecule is COc1cc(NC(=O)C/C(C)=N\NC(=O)c2ccccc2O)cc(OC)c1. The smallest absolute Gasteiger partial charge is 0.275 e. The van der Waals surface area contributed by atoms with Crippen LogP contribution in [0.1, 0.15) is 23.7 Å². The van der Waals surface area contributed by atoms with Gasteiger partial charge in [-0.05, 0) is 19.1 Å². The fraction of sp³-hybridized carbons (Fsp3) is 0.211. The lowest BCUT2D eigenvalue weighted by molar-refractivity contribution is -0.115. The van der Waals surface area contributed by atoms with Crippen molar-refractivity contribution >= 4 is 23.2 Å². The van der Waals surface area contributed by atoms with Crippen molar-refractivity contribution in [1.82, 2.24) is 5.43 Å². The summed E-state index contributed by atoms with van der Waals surface area (Å²) in [6.45, 7) is 1.61. The van der Waals surface area contributed by atoms with Crippen LogP contribution in [-0.4, -0.2) is 36.9 Å². The number of nitrogens with one attached hydrogen (secondary N) is 2. The number of hydrogen-bond acceptors (Lipinski definition) is 6. The second-order valence-electron chi connectivity index (χ2n) is 5.63. The molecule has 8 heteroatoms. The highest BCUT2D eigenvalue weighted by molar-refractivity contribution is 6.06. The van der Waals surface area contributed by atoms with Crippen LogP contribution < -0.4 is 20.2 Å². The Balaban J connectivity index is 1.96. The van der Waals surface area contributed by atoms with Gasteiger partial charge in [-0.3, -0.25) is 9.59 Å². The zero-order valence-electron chi connectivity index (χ0n) is 15.3. The summed E-state index contributed by atoms with van der Waals surface area (Å²) in [5, 5.41) is 16.3. The Morgan fingerprint density at radius 3 is 2.30 bits per heavy atom. The average Bonchev–Trinajstić information content (AvgIpc) is 2.65. The van der Waals surface area contributed by atoms with Crippen LogP contribution in [0.3, 0.4) is 0 Å². The van der Waals surface area contributed by atoms with E-state index in [9.17, 15) is 14.7 Å². The van der Waals surface area contributed by atoms with Crippen LogP contribution in [-0.2, 0) is 4.79 Å². The number of amides is 2. The van der Waals surface area contributed by atoms with Gasteiger partial charge in [-0.1, -0.05) is 12.1 Å². The average molecular weight is 371 g/mol. The summed E-state index contributed by atoms with van der Waals surface area (Å²) in [5.41, 5.74) is 3.32. The minimum Gasteiger partial charge on any atom is -0.507 e. The molecule has 0 aliphatic carbocycles. The lowest BCUT2D eigenvalue weighted by Crippen LogP contribution is -2.21. The zero-order valence-corrected chi connectivity index (χ0v) is 15.3. The van der Waals surface area contributed by atoms with Gasteiger partial charge in [0.2, 0.25) is 5.91 Å². The number of carbonyl (C=O) groups excluding carboxylic acids is 2. The van der Waals surface area contributed by atoms with Crippen molar-refractivity contribution in [2.75, 3.05) is 19.5 Å². The Hall–Kier alpha value is -3.55. The molecule has 0 atom stereocenters. The topological polar surface area (TPSA) is 109 Å². The Morgan fingerprint density at radius 1 is 1.07 bits per heavy atom. The molecule has 8 nitrogen and oxygen atoms in total. The van der Waals surface area contributed by atoms with Crippen LogP contribution in [0, 0.1) is 0 Å². The highest BCUT2D eigenvalue weighted by atomic mass is 16.5. The molecule has 27 heavy (non-hydrogen) atoms. The van der Waals surface area contributed by atoms with Crippen LogP contribution in [0.25, 0.3) is 0 Å². The summed E-state index contributed by atoms with van der Waals surface area (Å²) in [6, 6.07) is 11.1. The minimum absolute atomic E-state index is 0.0272. The molecule has 0 aliphatic heterocycles. The predicted octanol–water partition coefficient (Wildman–Crippen LogP) is 2.54. The van der Waals surface area contributed by atoms with Crippen molar-refractivity contribution in [3.63, 3.8) is 0 Å². The van der Waals surface area contributed by atoms with Crippen LogP contribution in [0.5, 0.6) is 17.2 Å². The monoisotopic (exact) mass is 371 g/mol. The summed E-state index contributed by atoms with van der Waals surface area (Å²) in [4.78, 5) is 24.1. The fourth-order valence-corrected chi connectivity index (χ4v) is 2.23. The van der Waals surface area contributed by atoms with E-state index in [0.29, 0.717) is 22.9 Å². The Bertz CT molecular complexity index is 842. The zero-order chi connectivity index (χ0) is 19.8. The summed E-state index contributed by atoms with van der Waals surface area (Å²) < 4.78 is 10.3. The maximum absolute atomic E-state index is 12.2. The maximum atomic E-state index is 12.2. The third-order valence-corrected chi connectivity index (χ3v) is 3.55. The Morgan fingerprint density at radius 2 is 1.70 bits per heavy atom. The number of para-hydroxylation sites is 1. The van der Waals surface area contributed by atoms with Gasteiger partial charge in [-0.25, -0.2) is 5.43 Å². The molecule has 0 saturated heterocycles. The summed E-state index contributed by atoms with van der Waals surface area (Å²) >= 11 is 0. The molecule has 2 rings (SSSR count). The van der Waals surface area contributed by atoms with E-state index < -0.39 is 5.91 Å². The number of benzene rings is 2. The first-order valence-corrected chi connectivity index (χ1v) is 8.07. The van der Waals surface area contributed by atoms with E-state index in [4.69, 9.17) is 9.47 Å². The van der Waals surface area contributed by atoms with E-state index in [1.807, 2.05) is 0 Å². The van der Waals surface area contributed by atoms with Gasteiger partial charge in [-0.2, -0.15) is 5.10 Å². The second-order valence-corrected chi connectivity index (χ2v) is 5.63. The summed E-state index contributed by atoms with van der Waals surface area (Å²) in [7, 11) is 3.04.